The van der Waals surface area contributed by atoms with Gasteiger partial charge in [0, 0.05) is 16.5 Å². The molecule has 2 aliphatic rings. The lowest BCUT2D eigenvalue weighted by Crippen LogP contribution is -2.45. The maximum absolute atomic E-state index is 7.83. The van der Waals surface area contributed by atoms with Crippen LogP contribution in [0, 0.1) is 0 Å². The fourth-order valence-corrected chi connectivity index (χ4v) is 4.18. The average Bonchev–Trinajstić information content (AvgIpc) is 2.69. The van der Waals surface area contributed by atoms with Crippen molar-refractivity contribution in [3.8, 4) is 11.5 Å². The number of piperidine rings is 1. The van der Waals surface area contributed by atoms with Gasteiger partial charge in [-0.25, -0.2) is 0 Å². The first-order valence-electron chi connectivity index (χ1n) is 8.79. The number of nitrogens with two attached hydrogens (primary N) is 1. The van der Waals surface area contributed by atoms with Crippen LogP contribution < -0.4 is 10.5 Å². The smallest absolute Gasteiger partial charge is 0.197 e. The molecular formula is C20H24N2O2S. The first-order chi connectivity index (χ1) is 12.3. The van der Waals surface area contributed by atoms with Gasteiger partial charge < -0.3 is 15.4 Å². The fraction of sp³-hybridized carbons (Fsp3) is 0.400. The Kier molecular flexibility index (Phi) is 5.78. The quantitative estimate of drug-likeness (QED) is 0.915. The van der Waals surface area contributed by atoms with Crippen LogP contribution in [0.5, 0.6) is 11.5 Å². The molecule has 2 aromatic rings. The second-order valence-electron chi connectivity index (χ2n) is 6.66. The Balaban J connectivity index is 0.000000880. The maximum atomic E-state index is 7.83. The van der Waals surface area contributed by atoms with Crippen LogP contribution in [0.3, 0.4) is 0 Å². The van der Waals surface area contributed by atoms with Crippen molar-refractivity contribution in [3.05, 3.63) is 59.7 Å². The van der Waals surface area contributed by atoms with Crippen molar-refractivity contribution >= 4 is 12.5 Å². The number of benzene rings is 2. The molecule has 0 atom stereocenters. The molecule has 0 unspecified atom stereocenters. The molecule has 0 bridgehead atoms. The summed E-state index contributed by atoms with van der Waals surface area (Å²) in [5, 5.41) is 0. The topological polar surface area (TPSA) is 55.6 Å². The van der Waals surface area contributed by atoms with Gasteiger partial charge >= 0.3 is 0 Å². The number of nitrogens with zero attached hydrogens (tertiary/aromatic N) is 1. The van der Waals surface area contributed by atoms with E-state index in [1.165, 1.54) is 11.1 Å². The molecule has 0 aromatic heterocycles. The molecule has 1 spiro atoms. The highest BCUT2D eigenvalue weighted by atomic mass is 32.1. The van der Waals surface area contributed by atoms with Crippen LogP contribution in [-0.2, 0) is 17.9 Å². The molecule has 0 saturated carbocycles. The zero-order valence-corrected chi connectivity index (χ0v) is 15.1. The van der Waals surface area contributed by atoms with Gasteiger partial charge in [-0.15, -0.1) is 0 Å². The van der Waals surface area contributed by atoms with E-state index in [-0.39, 0.29) is 5.41 Å². The molecule has 2 N–H and O–H groups in total. The van der Waals surface area contributed by atoms with Crippen LogP contribution in [0.2, 0.25) is 0 Å². The fourth-order valence-electron chi connectivity index (χ4n) is 4.18. The van der Waals surface area contributed by atoms with Crippen molar-refractivity contribution in [2.75, 3.05) is 26.2 Å². The molecule has 132 valence electrons. The number of para-hydroxylation sites is 2. The van der Waals surface area contributed by atoms with Crippen molar-refractivity contribution in [1.82, 2.24) is 4.90 Å². The van der Waals surface area contributed by atoms with Crippen LogP contribution in [0.4, 0.5) is 0 Å². The largest absolute Gasteiger partial charge is 0.457 e. The predicted octanol–water partition coefficient (Wildman–Crippen LogP) is 3.19. The van der Waals surface area contributed by atoms with Gasteiger partial charge in [-0.1, -0.05) is 36.4 Å². The summed E-state index contributed by atoms with van der Waals surface area (Å²) in [6.45, 7) is 4.15. The molecule has 4 rings (SSSR count). The lowest BCUT2D eigenvalue weighted by molar-refractivity contribution is 0.171. The van der Waals surface area contributed by atoms with Gasteiger partial charge in [-0.05, 0) is 57.6 Å². The number of hydrogen-bond donors (Lipinski definition) is 1. The Hall–Kier alpha value is -1.82. The van der Waals surface area contributed by atoms with Gasteiger partial charge in [0.05, 0.1) is 0 Å². The summed E-state index contributed by atoms with van der Waals surface area (Å²) in [6, 6.07) is 17.1. The number of ether oxygens (including phenoxy) is 1. The number of likely N-dealkylation sites (tertiary alicyclic amines) is 1. The van der Waals surface area contributed by atoms with Gasteiger partial charge in [0.15, 0.2) is 12.5 Å². The molecule has 2 aromatic carbocycles. The van der Waals surface area contributed by atoms with Crippen molar-refractivity contribution in [2.24, 2.45) is 5.73 Å². The third-order valence-electron chi connectivity index (χ3n) is 5.41. The standard InChI is InChI=1S/C20H24N2O.OS/c21-12-5-13-22-14-10-20(11-15-22)16-6-1-3-8-18(16)23-19-9-4-2-7-17(19)20;1-2/h1-4,6-9H,5,10-15,21H2;. The summed E-state index contributed by atoms with van der Waals surface area (Å²) in [4.78, 5) is 2.55. The van der Waals surface area contributed by atoms with Crippen LogP contribution >= 0.6 is 0 Å². The zero-order chi connectivity index (χ0) is 17.7. The van der Waals surface area contributed by atoms with Crippen molar-refractivity contribution in [2.45, 2.75) is 24.7 Å². The number of fused-ring (bicyclic) bond motifs is 4. The van der Waals surface area contributed by atoms with Crippen molar-refractivity contribution in [3.63, 3.8) is 0 Å². The van der Waals surface area contributed by atoms with Gasteiger partial charge in [0.1, 0.15) is 11.5 Å². The second kappa shape index (κ2) is 8.04. The minimum atomic E-state index is 0.102. The van der Waals surface area contributed by atoms with Crippen LogP contribution in [0.15, 0.2) is 48.5 Å². The molecule has 0 amide bonds. The average molecular weight is 356 g/mol. The summed E-state index contributed by atoms with van der Waals surface area (Å²) in [6.07, 6.45) is 3.38. The summed E-state index contributed by atoms with van der Waals surface area (Å²) >= 11 is 2.83. The molecule has 2 aliphatic heterocycles. The van der Waals surface area contributed by atoms with Gasteiger partial charge in [0.2, 0.25) is 0 Å². The van der Waals surface area contributed by atoms with Crippen LogP contribution in [0.1, 0.15) is 30.4 Å². The minimum absolute atomic E-state index is 0.102. The molecule has 0 radical (unpaired) electrons. The van der Waals surface area contributed by atoms with Crippen LogP contribution in [-0.4, -0.2) is 35.3 Å². The predicted molar refractivity (Wildman–Crippen MR) is 101 cm³/mol. The maximum Gasteiger partial charge on any atom is 0.197 e. The Labute approximate surface area is 154 Å². The third-order valence-corrected chi connectivity index (χ3v) is 5.41. The normalized spacial score (nSPS) is 17.6. The van der Waals surface area contributed by atoms with Crippen molar-refractivity contribution in [1.29, 1.82) is 0 Å². The second-order valence-corrected chi connectivity index (χ2v) is 6.66. The van der Waals surface area contributed by atoms with E-state index in [2.05, 4.69) is 66.0 Å². The van der Waals surface area contributed by atoms with E-state index in [4.69, 9.17) is 14.7 Å². The molecular weight excluding hydrogens is 332 g/mol. The monoisotopic (exact) mass is 356 g/mol. The first kappa shape index (κ1) is 18.0. The summed E-state index contributed by atoms with van der Waals surface area (Å²) in [7, 11) is 0. The molecule has 4 nitrogen and oxygen atoms in total. The van der Waals surface area contributed by atoms with E-state index in [1.54, 1.807) is 0 Å². The van der Waals surface area contributed by atoms with Gasteiger partial charge in [-0.3, -0.25) is 0 Å². The highest BCUT2D eigenvalue weighted by Crippen LogP contribution is 2.52. The lowest BCUT2D eigenvalue weighted by atomic mass is 9.66. The Morgan fingerprint density at radius 3 is 2.00 bits per heavy atom. The molecule has 0 aliphatic carbocycles. The number of hydrogen-bond acceptors (Lipinski definition) is 5. The van der Waals surface area contributed by atoms with E-state index in [1.807, 2.05) is 0 Å². The SMILES string of the molecule is NCCCN1CCC2(CC1)c1ccccc1Oc1ccccc12.O=S. The van der Waals surface area contributed by atoms with E-state index in [0.29, 0.717) is 0 Å². The van der Waals surface area contributed by atoms with E-state index >= 15 is 0 Å². The van der Waals surface area contributed by atoms with Crippen molar-refractivity contribution < 1.29 is 8.95 Å². The van der Waals surface area contributed by atoms with Crippen LogP contribution in [0.25, 0.3) is 0 Å². The summed E-state index contributed by atoms with van der Waals surface area (Å²) in [5.74, 6) is 2.06. The molecule has 25 heavy (non-hydrogen) atoms. The highest BCUT2D eigenvalue weighted by molar-refractivity contribution is 7.44. The van der Waals surface area contributed by atoms with Gasteiger partial charge in [0.25, 0.3) is 0 Å². The lowest BCUT2D eigenvalue weighted by Gasteiger charge is -2.46. The summed E-state index contributed by atoms with van der Waals surface area (Å²) in [5.41, 5.74) is 8.48. The first-order valence-corrected chi connectivity index (χ1v) is 9.13. The third kappa shape index (κ3) is 3.32. The minimum Gasteiger partial charge on any atom is -0.457 e. The molecule has 1 fully saturated rings. The van der Waals surface area contributed by atoms with E-state index in [0.717, 1.165) is 56.9 Å². The number of rotatable bonds is 3. The molecule has 2 heterocycles. The highest BCUT2D eigenvalue weighted by Gasteiger charge is 2.43. The van der Waals surface area contributed by atoms with E-state index in [9.17, 15) is 0 Å². The van der Waals surface area contributed by atoms with Gasteiger partial charge in [-0.2, -0.15) is 4.21 Å². The Morgan fingerprint density at radius 1 is 0.960 bits per heavy atom. The molecule has 1 saturated heterocycles. The Morgan fingerprint density at radius 2 is 1.48 bits per heavy atom. The zero-order valence-electron chi connectivity index (χ0n) is 14.3. The van der Waals surface area contributed by atoms with E-state index < -0.39 is 0 Å². The molecule has 5 heteroatoms. The summed E-state index contributed by atoms with van der Waals surface area (Å²) < 4.78 is 14.0. The Bertz CT molecular complexity index is 667.